The third-order valence-corrected chi connectivity index (χ3v) is 2.64. The van der Waals surface area contributed by atoms with Crippen molar-refractivity contribution in [3.63, 3.8) is 0 Å². The van der Waals surface area contributed by atoms with Gasteiger partial charge in [-0.2, -0.15) is 0 Å². The van der Waals surface area contributed by atoms with E-state index in [0.29, 0.717) is 5.56 Å². The van der Waals surface area contributed by atoms with Crippen molar-refractivity contribution in [3.8, 4) is 0 Å². The van der Waals surface area contributed by atoms with Crippen molar-refractivity contribution >= 4 is 17.4 Å². The van der Waals surface area contributed by atoms with Gasteiger partial charge >= 0.3 is 0 Å². The molecular weight excluding hydrogens is 250 g/mol. The molecule has 0 saturated carbocycles. The maximum Gasteiger partial charge on any atom is 0.230 e. The van der Waals surface area contributed by atoms with Crippen LogP contribution < -0.4 is 0 Å². The van der Waals surface area contributed by atoms with Gasteiger partial charge in [0.15, 0.2) is 17.4 Å². The molecule has 0 bridgehead atoms. The summed E-state index contributed by atoms with van der Waals surface area (Å²) in [7, 11) is 0. The monoisotopic (exact) mass is 256 g/mol. The predicted octanol–water partition coefficient (Wildman–Crippen LogP) is 3.75. The summed E-state index contributed by atoms with van der Waals surface area (Å²) < 4.78 is 30.9. The van der Waals surface area contributed by atoms with Crippen LogP contribution in [0.4, 0.5) is 8.78 Å². The molecule has 1 aromatic heterocycles. The average Bonchev–Trinajstić information content (AvgIpc) is 2.69. The Balaban J connectivity index is 2.52. The lowest BCUT2D eigenvalue weighted by atomic mass is 10.1. The molecule has 0 atom stereocenters. The van der Waals surface area contributed by atoms with E-state index in [-0.39, 0.29) is 16.3 Å². The highest BCUT2D eigenvalue weighted by molar-refractivity contribution is 6.34. The maximum absolute atomic E-state index is 13.0. The van der Waals surface area contributed by atoms with Crippen LogP contribution in [0.3, 0.4) is 0 Å². The molecule has 0 spiro atoms. The third kappa shape index (κ3) is 2.08. The summed E-state index contributed by atoms with van der Waals surface area (Å²) in [6.45, 7) is 1.67. The summed E-state index contributed by atoms with van der Waals surface area (Å²) >= 11 is 5.70. The summed E-state index contributed by atoms with van der Waals surface area (Å²) in [5, 5.41) is -0.148. The van der Waals surface area contributed by atoms with Crippen molar-refractivity contribution in [1.82, 2.24) is 0 Å². The lowest BCUT2D eigenvalue weighted by Crippen LogP contribution is -2.04. The van der Waals surface area contributed by atoms with Gasteiger partial charge in [-0.25, -0.2) is 8.78 Å². The fourth-order valence-electron chi connectivity index (χ4n) is 1.42. The van der Waals surface area contributed by atoms with Crippen molar-refractivity contribution in [3.05, 3.63) is 58.0 Å². The summed E-state index contributed by atoms with van der Waals surface area (Å²) in [5.74, 6) is -2.72. The summed E-state index contributed by atoms with van der Waals surface area (Å²) in [4.78, 5) is 11.9. The van der Waals surface area contributed by atoms with Crippen molar-refractivity contribution in [2.24, 2.45) is 0 Å². The van der Waals surface area contributed by atoms with Crippen LogP contribution in [0.5, 0.6) is 0 Å². The van der Waals surface area contributed by atoms with Crippen LogP contribution in [-0.2, 0) is 0 Å². The number of benzene rings is 1. The van der Waals surface area contributed by atoms with Gasteiger partial charge in [-0.05, 0) is 30.7 Å². The minimum absolute atomic E-state index is 0.0675. The topological polar surface area (TPSA) is 30.2 Å². The van der Waals surface area contributed by atoms with E-state index in [0.717, 1.165) is 12.1 Å². The molecule has 0 saturated heterocycles. The molecule has 0 aliphatic rings. The van der Waals surface area contributed by atoms with Gasteiger partial charge in [-0.3, -0.25) is 4.79 Å². The van der Waals surface area contributed by atoms with E-state index in [4.69, 9.17) is 16.0 Å². The first-order valence-corrected chi connectivity index (χ1v) is 5.12. The molecule has 0 radical (unpaired) electrons. The lowest BCUT2D eigenvalue weighted by Gasteiger charge is -2.03. The number of hydrogen-bond donors (Lipinski definition) is 0. The number of carbonyl (C=O) groups excluding carboxylic acids is 1. The highest BCUT2D eigenvalue weighted by Crippen LogP contribution is 2.24. The fraction of sp³-hybridized carbons (Fsp3) is 0.0833. The molecule has 0 fully saturated rings. The Labute approximate surface area is 101 Å². The van der Waals surface area contributed by atoms with Crippen LogP contribution in [0.1, 0.15) is 21.7 Å². The van der Waals surface area contributed by atoms with E-state index in [1.54, 1.807) is 13.0 Å². The molecule has 88 valence electrons. The van der Waals surface area contributed by atoms with E-state index in [2.05, 4.69) is 0 Å². The number of furan rings is 1. The van der Waals surface area contributed by atoms with Gasteiger partial charge in [0, 0.05) is 5.56 Å². The van der Waals surface area contributed by atoms with Gasteiger partial charge in [-0.1, -0.05) is 11.6 Å². The molecular formula is C12H7ClF2O2. The van der Waals surface area contributed by atoms with E-state index in [1.165, 1.54) is 6.26 Å². The van der Waals surface area contributed by atoms with Crippen molar-refractivity contribution in [1.29, 1.82) is 0 Å². The average molecular weight is 257 g/mol. The van der Waals surface area contributed by atoms with Crippen LogP contribution >= 0.6 is 11.6 Å². The standard InChI is InChI=1S/C12H7ClF2O2/c1-6-2-3-17-12(6)11(16)7-4-9(14)10(15)5-8(7)13/h2-5H,1H3. The van der Waals surface area contributed by atoms with Crippen LogP contribution in [-0.4, -0.2) is 5.78 Å². The zero-order valence-corrected chi connectivity index (χ0v) is 9.52. The van der Waals surface area contributed by atoms with Crippen LogP contribution in [0.25, 0.3) is 0 Å². The first-order chi connectivity index (χ1) is 8.00. The largest absolute Gasteiger partial charge is 0.461 e. The Morgan fingerprint density at radius 1 is 1.29 bits per heavy atom. The summed E-state index contributed by atoms with van der Waals surface area (Å²) in [5.41, 5.74) is 0.486. The molecule has 1 aromatic carbocycles. The molecule has 0 amide bonds. The summed E-state index contributed by atoms with van der Waals surface area (Å²) in [6, 6.07) is 3.13. The van der Waals surface area contributed by atoms with Crippen molar-refractivity contribution in [2.45, 2.75) is 6.92 Å². The number of halogens is 3. The zero-order chi connectivity index (χ0) is 12.6. The van der Waals surface area contributed by atoms with Crippen LogP contribution in [0.15, 0.2) is 28.9 Å². The smallest absolute Gasteiger partial charge is 0.230 e. The number of rotatable bonds is 2. The second-order valence-electron chi connectivity index (χ2n) is 3.51. The summed E-state index contributed by atoms with van der Waals surface area (Å²) in [6.07, 6.45) is 1.34. The molecule has 0 N–H and O–H groups in total. The van der Waals surface area contributed by atoms with E-state index in [9.17, 15) is 13.6 Å². The molecule has 5 heteroatoms. The molecule has 0 unspecified atom stereocenters. The van der Waals surface area contributed by atoms with E-state index in [1.807, 2.05) is 0 Å². The van der Waals surface area contributed by atoms with Gasteiger partial charge in [0.05, 0.1) is 11.3 Å². The third-order valence-electron chi connectivity index (χ3n) is 2.32. The fourth-order valence-corrected chi connectivity index (χ4v) is 1.66. The highest BCUT2D eigenvalue weighted by atomic mass is 35.5. The zero-order valence-electron chi connectivity index (χ0n) is 8.76. The van der Waals surface area contributed by atoms with Crippen LogP contribution in [0.2, 0.25) is 5.02 Å². The Morgan fingerprint density at radius 2 is 1.94 bits per heavy atom. The number of hydrogen-bond acceptors (Lipinski definition) is 2. The first kappa shape index (κ1) is 11.8. The lowest BCUT2D eigenvalue weighted by molar-refractivity contribution is 0.101. The Bertz CT molecular complexity index is 590. The van der Waals surface area contributed by atoms with Gasteiger partial charge in [0.25, 0.3) is 0 Å². The molecule has 1 heterocycles. The minimum atomic E-state index is -1.12. The minimum Gasteiger partial charge on any atom is -0.461 e. The predicted molar refractivity (Wildman–Crippen MR) is 58.2 cm³/mol. The van der Waals surface area contributed by atoms with Crippen molar-refractivity contribution in [2.75, 3.05) is 0 Å². The van der Waals surface area contributed by atoms with Gasteiger partial charge in [-0.15, -0.1) is 0 Å². The highest BCUT2D eigenvalue weighted by Gasteiger charge is 2.20. The quantitative estimate of drug-likeness (QED) is 0.605. The van der Waals surface area contributed by atoms with Gasteiger partial charge in [0.1, 0.15) is 0 Å². The van der Waals surface area contributed by atoms with E-state index < -0.39 is 17.4 Å². The molecule has 2 nitrogen and oxygen atoms in total. The Kier molecular flexibility index (Phi) is 2.98. The van der Waals surface area contributed by atoms with Crippen LogP contribution in [0, 0.1) is 18.6 Å². The van der Waals surface area contributed by atoms with Crippen molar-refractivity contribution < 1.29 is 18.0 Å². The Hall–Kier alpha value is -1.68. The number of ketones is 1. The second-order valence-corrected chi connectivity index (χ2v) is 3.92. The molecule has 0 aliphatic heterocycles. The SMILES string of the molecule is Cc1ccoc1C(=O)c1cc(F)c(F)cc1Cl. The first-order valence-electron chi connectivity index (χ1n) is 4.74. The van der Waals surface area contributed by atoms with E-state index >= 15 is 0 Å². The molecule has 2 aromatic rings. The number of aryl methyl sites for hydroxylation is 1. The molecule has 2 rings (SSSR count). The maximum atomic E-state index is 13.0. The number of carbonyl (C=O) groups is 1. The Morgan fingerprint density at radius 3 is 2.53 bits per heavy atom. The second kappa shape index (κ2) is 4.30. The normalized spacial score (nSPS) is 10.6. The van der Waals surface area contributed by atoms with Gasteiger partial charge in [0.2, 0.25) is 5.78 Å². The van der Waals surface area contributed by atoms with Gasteiger partial charge < -0.3 is 4.42 Å². The molecule has 0 aliphatic carbocycles. The molecule has 17 heavy (non-hydrogen) atoms.